The maximum Gasteiger partial charge on any atom is 0.119 e. The molecule has 0 bridgehead atoms. The molecule has 0 saturated carbocycles. The molecule has 0 unspecified atom stereocenters. The summed E-state index contributed by atoms with van der Waals surface area (Å²) in [6.07, 6.45) is 0. The van der Waals surface area contributed by atoms with Gasteiger partial charge >= 0.3 is 0 Å². The molecule has 1 aromatic carbocycles. The number of halogens is 1. The van der Waals surface area contributed by atoms with E-state index >= 15 is 0 Å². The van der Waals surface area contributed by atoms with Crippen LogP contribution >= 0.6 is 17.0 Å². The van der Waals surface area contributed by atoms with Crippen molar-refractivity contribution in [1.82, 2.24) is 0 Å². The molecule has 2 nitrogen and oxygen atoms in total. The third kappa shape index (κ3) is 3.24. The van der Waals surface area contributed by atoms with Crippen LogP contribution in [-0.4, -0.2) is 6.61 Å². The predicted molar refractivity (Wildman–Crippen MR) is 55.8 cm³/mol. The third-order valence-corrected chi connectivity index (χ3v) is 1.47. The van der Waals surface area contributed by atoms with E-state index in [1.54, 1.807) is 0 Å². The Labute approximate surface area is 83.5 Å². The number of ether oxygens (including phenoxy) is 1. The summed E-state index contributed by atoms with van der Waals surface area (Å²) < 4.78 is 5.26. The van der Waals surface area contributed by atoms with Crippen LogP contribution < -0.4 is 10.5 Å². The summed E-state index contributed by atoms with van der Waals surface area (Å²) in [7, 11) is 0. The minimum absolute atomic E-state index is 0. The molecule has 0 fully saturated rings. The summed E-state index contributed by atoms with van der Waals surface area (Å²) in [5.41, 5.74) is 6.57. The van der Waals surface area contributed by atoms with Crippen molar-refractivity contribution in [3.05, 3.63) is 29.8 Å². The van der Waals surface area contributed by atoms with Gasteiger partial charge in [0.05, 0.1) is 6.61 Å². The van der Waals surface area contributed by atoms with Gasteiger partial charge in [0.2, 0.25) is 0 Å². The van der Waals surface area contributed by atoms with Crippen molar-refractivity contribution < 1.29 is 4.74 Å². The molecule has 1 aromatic rings. The number of hydrogen-bond acceptors (Lipinski definition) is 2. The fourth-order valence-electron chi connectivity index (χ4n) is 0.888. The van der Waals surface area contributed by atoms with E-state index in [0.717, 1.165) is 11.3 Å². The van der Waals surface area contributed by atoms with E-state index in [-0.39, 0.29) is 17.0 Å². The Kier molecular flexibility index (Phi) is 5.76. The fraction of sp³-hybridized carbons (Fsp3) is 0.333. The van der Waals surface area contributed by atoms with Crippen molar-refractivity contribution >= 4 is 17.0 Å². The summed E-state index contributed by atoms with van der Waals surface area (Å²) in [5.74, 6) is 0.907. The molecule has 0 amide bonds. The molecule has 0 heterocycles. The molecule has 0 aromatic heterocycles. The van der Waals surface area contributed by atoms with Crippen LogP contribution in [-0.2, 0) is 6.54 Å². The van der Waals surface area contributed by atoms with Gasteiger partial charge in [0.25, 0.3) is 0 Å². The molecule has 0 aliphatic rings. The van der Waals surface area contributed by atoms with Gasteiger partial charge < -0.3 is 10.5 Å². The maximum absolute atomic E-state index is 5.43. The molecule has 3 heteroatoms. The molecule has 12 heavy (non-hydrogen) atoms. The quantitative estimate of drug-likeness (QED) is 0.866. The Hall–Kier alpha value is -0.540. The molecule has 1 rings (SSSR count). The lowest BCUT2D eigenvalue weighted by molar-refractivity contribution is 0.340. The van der Waals surface area contributed by atoms with Crippen LogP contribution in [0.5, 0.6) is 5.75 Å². The van der Waals surface area contributed by atoms with E-state index in [9.17, 15) is 0 Å². The summed E-state index contributed by atoms with van der Waals surface area (Å²) in [5, 5.41) is 0. The smallest absolute Gasteiger partial charge is 0.119 e. The summed E-state index contributed by atoms with van der Waals surface area (Å²) in [6.45, 7) is 3.27. The zero-order valence-corrected chi connectivity index (χ0v) is 8.83. The van der Waals surface area contributed by atoms with E-state index in [1.807, 2.05) is 31.2 Å². The number of hydrogen-bond donors (Lipinski definition) is 1. The molecule has 2 N–H and O–H groups in total. The second-order valence-electron chi connectivity index (χ2n) is 2.28. The zero-order chi connectivity index (χ0) is 8.10. The van der Waals surface area contributed by atoms with E-state index in [1.165, 1.54) is 0 Å². The van der Waals surface area contributed by atoms with Gasteiger partial charge in [-0.2, -0.15) is 0 Å². The lowest BCUT2D eigenvalue weighted by Gasteiger charge is -2.02. The number of nitrogens with two attached hydrogens (primary N) is 1. The topological polar surface area (TPSA) is 35.2 Å². The molecule has 0 radical (unpaired) electrons. The monoisotopic (exact) mass is 231 g/mol. The number of benzene rings is 1. The van der Waals surface area contributed by atoms with Gasteiger partial charge in [-0.15, -0.1) is 17.0 Å². The predicted octanol–water partition coefficient (Wildman–Crippen LogP) is 2.12. The normalized spacial score (nSPS) is 8.83. The summed E-state index contributed by atoms with van der Waals surface area (Å²) >= 11 is 0. The standard InChI is InChI=1S/C9H13NO.BrH/c1-2-11-9-5-3-8(7-10)4-6-9;/h3-6H,2,7,10H2,1H3;1H. The van der Waals surface area contributed by atoms with Crippen LogP contribution in [0.1, 0.15) is 12.5 Å². The Bertz CT molecular complexity index is 210. The average molecular weight is 232 g/mol. The maximum atomic E-state index is 5.43. The lowest BCUT2D eigenvalue weighted by atomic mass is 10.2. The van der Waals surface area contributed by atoms with Crippen LogP contribution in [0.15, 0.2) is 24.3 Å². The van der Waals surface area contributed by atoms with E-state index in [0.29, 0.717) is 13.2 Å². The van der Waals surface area contributed by atoms with E-state index in [4.69, 9.17) is 10.5 Å². The van der Waals surface area contributed by atoms with Gasteiger partial charge in [-0.05, 0) is 24.6 Å². The van der Waals surface area contributed by atoms with Crippen molar-refractivity contribution in [3.8, 4) is 5.75 Å². The second kappa shape index (κ2) is 6.03. The van der Waals surface area contributed by atoms with Crippen molar-refractivity contribution in [3.63, 3.8) is 0 Å². The SMILES string of the molecule is Br.CCOc1ccc(CN)cc1. The van der Waals surface area contributed by atoms with Gasteiger partial charge in [-0.25, -0.2) is 0 Å². The van der Waals surface area contributed by atoms with Gasteiger partial charge in [0, 0.05) is 6.54 Å². The van der Waals surface area contributed by atoms with Gasteiger partial charge in [0.15, 0.2) is 0 Å². The molecule has 0 saturated heterocycles. The molecular formula is C9H14BrNO. The molecular weight excluding hydrogens is 218 g/mol. The Morgan fingerprint density at radius 1 is 1.25 bits per heavy atom. The molecule has 0 spiro atoms. The minimum atomic E-state index is 0. The zero-order valence-electron chi connectivity index (χ0n) is 7.12. The van der Waals surface area contributed by atoms with Gasteiger partial charge in [-0.1, -0.05) is 12.1 Å². The third-order valence-electron chi connectivity index (χ3n) is 1.47. The van der Waals surface area contributed by atoms with Gasteiger partial charge in [-0.3, -0.25) is 0 Å². The van der Waals surface area contributed by atoms with Crippen molar-refractivity contribution in [1.29, 1.82) is 0 Å². The van der Waals surface area contributed by atoms with Gasteiger partial charge in [0.1, 0.15) is 5.75 Å². The van der Waals surface area contributed by atoms with Crippen LogP contribution in [0.25, 0.3) is 0 Å². The average Bonchev–Trinajstić information content (AvgIpc) is 2.07. The highest BCUT2D eigenvalue weighted by atomic mass is 79.9. The van der Waals surface area contributed by atoms with Crippen LogP contribution in [0, 0.1) is 0 Å². The Morgan fingerprint density at radius 2 is 1.83 bits per heavy atom. The highest BCUT2D eigenvalue weighted by Gasteiger charge is 1.90. The largest absolute Gasteiger partial charge is 0.494 e. The highest BCUT2D eigenvalue weighted by Crippen LogP contribution is 2.11. The van der Waals surface area contributed by atoms with Crippen molar-refractivity contribution in [2.75, 3.05) is 6.61 Å². The second-order valence-corrected chi connectivity index (χ2v) is 2.28. The van der Waals surface area contributed by atoms with E-state index in [2.05, 4.69) is 0 Å². The molecule has 0 aliphatic carbocycles. The highest BCUT2D eigenvalue weighted by molar-refractivity contribution is 8.93. The first-order valence-corrected chi connectivity index (χ1v) is 3.78. The van der Waals surface area contributed by atoms with Crippen LogP contribution in [0.2, 0.25) is 0 Å². The van der Waals surface area contributed by atoms with E-state index < -0.39 is 0 Å². The molecule has 68 valence electrons. The first-order chi connectivity index (χ1) is 5.36. The Balaban J connectivity index is 0.00000121. The van der Waals surface area contributed by atoms with Crippen LogP contribution in [0.3, 0.4) is 0 Å². The summed E-state index contributed by atoms with van der Waals surface area (Å²) in [4.78, 5) is 0. The molecule has 0 aliphatic heterocycles. The first-order valence-electron chi connectivity index (χ1n) is 3.78. The fourth-order valence-corrected chi connectivity index (χ4v) is 0.888. The Morgan fingerprint density at radius 3 is 2.25 bits per heavy atom. The van der Waals surface area contributed by atoms with Crippen molar-refractivity contribution in [2.24, 2.45) is 5.73 Å². The number of rotatable bonds is 3. The molecule has 0 atom stereocenters. The minimum Gasteiger partial charge on any atom is -0.494 e. The van der Waals surface area contributed by atoms with Crippen molar-refractivity contribution in [2.45, 2.75) is 13.5 Å². The lowest BCUT2D eigenvalue weighted by Crippen LogP contribution is -1.96. The summed E-state index contributed by atoms with van der Waals surface area (Å²) in [6, 6.07) is 7.83. The van der Waals surface area contributed by atoms with Crippen LogP contribution in [0.4, 0.5) is 0 Å². The first kappa shape index (κ1) is 11.5.